The highest BCUT2D eigenvalue weighted by Crippen LogP contribution is 2.28. The van der Waals surface area contributed by atoms with E-state index in [1.165, 1.54) is 0 Å². The number of carboxylic acids is 1. The minimum Gasteiger partial charge on any atom is -0.478 e. The zero-order valence-electron chi connectivity index (χ0n) is 11.1. The Labute approximate surface area is 112 Å². The van der Waals surface area contributed by atoms with Gasteiger partial charge >= 0.3 is 12.0 Å². The highest BCUT2D eigenvalue weighted by Gasteiger charge is 2.23. The van der Waals surface area contributed by atoms with Crippen molar-refractivity contribution in [1.82, 2.24) is 5.32 Å². The molecule has 1 aliphatic heterocycles. The number of anilines is 1. The molecule has 0 unspecified atom stereocenters. The summed E-state index contributed by atoms with van der Waals surface area (Å²) in [6, 6.07) is 4.86. The van der Waals surface area contributed by atoms with Crippen molar-refractivity contribution in [3.8, 4) is 0 Å². The zero-order valence-corrected chi connectivity index (χ0v) is 11.1. The predicted molar refractivity (Wildman–Crippen MR) is 72.7 cm³/mol. The molecule has 0 radical (unpaired) electrons. The average molecular weight is 262 g/mol. The van der Waals surface area contributed by atoms with Gasteiger partial charge in [0.15, 0.2) is 0 Å². The van der Waals surface area contributed by atoms with Crippen molar-refractivity contribution in [3.05, 3.63) is 29.3 Å². The quantitative estimate of drug-likeness (QED) is 0.858. The first-order valence-electron chi connectivity index (χ1n) is 6.43. The molecule has 5 heteroatoms. The molecule has 0 spiro atoms. The molecule has 0 atom stereocenters. The highest BCUT2D eigenvalue weighted by molar-refractivity contribution is 5.96. The molecule has 0 saturated carbocycles. The Morgan fingerprint density at radius 1 is 1.37 bits per heavy atom. The van der Waals surface area contributed by atoms with E-state index >= 15 is 0 Å². The van der Waals surface area contributed by atoms with Gasteiger partial charge in [-0.25, -0.2) is 9.59 Å². The van der Waals surface area contributed by atoms with Crippen molar-refractivity contribution >= 4 is 17.7 Å². The van der Waals surface area contributed by atoms with Gasteiger partial charge in [-0.15, -0.1) is 0 Å². The number of hydrogen-bond acceptors (Lipinski definition) is 2. The lowest BCUT2D eigenvalue weighted by molar-refractivity contribution is 0.0697. The Morgan fingerprint density at radius 2 is 2.11 bits per heavy atom. The van der Waals surface area contributed by atoms with Gasteiger partial charge in [0.2, 0.25) is 0 Å². The molecule has 0 bridgehead atoms. The molecule has 0 fully saturated rings. The van der Waals surface area contributed by atoms with Gasteiger partial charge in [0.25, 0.3) is 0 Å². The minimum absolute atomic E-state index is 0.0560. The van der Waals surface area contributed by atoms with Crippen LogP contribution in [0.2, 0.25) is 0 Å². The molecule has 2 rings (SSSR count). The fourth-order valence-corrected chi connectivity index (χ4v) is 2.24. The summed E-state index contributed by atoms with van der Waals surface area (Å²) in [4.78, 5) is 24.8. The summed E-state index contributed by atoms with van der Waals surface area (Å²) >= 11 is 0. The van der Waals surface area contributed by atoms with Crippen molar-refractivity contribution < 1.29 is 14.7 Å². The summed E-state index contributed by atoms with van der Waals surface area (Å²) < 4.78 is 0. The standard InChI is InChI=1S/C14H18N2O3/c1-9(2)15-14(19)16-7-3-4-10-5-6-11(13(17)18)8-12(10)16/h5-6,8-9H,3-4,7H2,1-2H3,(H,15,19)(H,17,18). The third-order valence-corrected chi connectivity index (χ3v) is 3.11. The van der Waals surface area contributed by atoms with Gasteiger partial charge in [-0.3, -0.25) is 4.90 Å². The van der Waals surface area contributed by atoms with E-state index in [0.29, 0.717) is 12.2 Å². The van der Waals surface area contributed by atoms with Crippen LogP contribution in [0.5, 0.6) is 0 Å². The van der Waals surface area contributed by atoms with Crippen LogP contribution in [0.4, 0.5) is 10.5 Å². The van der Waals surface area contributed by atoms with Gasteiger partial charge in [0, 0.05) is 18.3 Å². The van der Waals surface area contributed by atoms with Gasteiger partial charge in [-0.2, -0.15) is 0 Å². The lowest BCUT2D eigenvalue weighted by atomic mass is 10.00. The lowest BCUT2D eigenvalue weighted by Gasteiger charge is -2.30. The van der Waals surface area contributed by atoms with Crippen LogP contribution in [0.15, 0.2) is 18.2 Å². The molecule has 0 aromatic heterocycles. The van der Waals surface area contributed by atoms with Crippen LogP contribution in [0.3, 0.4) is 0 Å². The number of benzene rings is 1. The van der Waals surface area contributed by atoms with Crippen LogP contribution >= 0.6 is 0 Å². The molecule has 1 aromatic carbocycles. The summed E-state index contributed by atoms with van der Waals surface area (Å²) in [5, 5.41) is 11.9. The maximum Gasteiger partial charge on any atom is 0.335 e. The van der Waals surface area contributed by atoms with Gasteiger partial charge in [0.1, 0.15) is 0 Å². The SMILES string of the molecule is CC(C)NC(=O)N1CCCc2ccc(C(=O)O)cc21. The Morgan fingerprint density at radius 3 is 2.74 bits per heavy atom. The maximum atomic E-state index is 12.1. The topological polar surface area (TPSA) is 69.6 Å². The number of aromatic carboxylic acids is 1. The Kier molecular flexibility index (Phi) is 3.74. The number of fused-ring (bicyclic) bond motifs is 1. The number of rotatable bonds is 2. The lowest BCUT2D eigenvalue weighted by Crippen LogP contribution is -2.45. The van der Waals surface area contributed by atoms with Gasteiger partial charge in [-0.1, -0.05) is 6.07 Å². The van der Waals surface area contributed by atoms with E-state index in [0.717, 1.165) is 18.4 Å². The van der Waals surface area contributed by atoms with E-state index in [2.05, 4.69) is 5.32 Å². The van der Waals surface area contributed by atoms with Crippen molar-refractivity contribution in [1.29, 1.82) is 0 Å². The number of aryl methyl sites for hydroxylation is 1. The van der Waals surface area contributed by atoms with Crippen molar-refractivity contribution in [2.24, 2.45) is 0 Å². The Hall–Kier alpha value is -2.04. The van der Waals surface area contributed by atoms with E-state index in [4.69, 9.17) is 5.11 Å². The average Bonchev–Trinajstić information content (AvgIpc) is 2.36. The molecule has 19 heavy (non-hydrogen) atoms. The first-order valence-corrected chi connectivity index (χ1v) is 6.43. The summed E-state index contributed by atoms with van der Waals surface area (Å²) in [6.45, 7) is 4.42. The second-order valence-electron chi connectivity index (χ2n) is 5.01. The van der Waals surface area contributed by atoms with Crippen LogP contribution in [-0.4, -0.2) is 29.7 Å². The summed E-state index contributed by atoms with van der Waals surface area (Å²) in [5.74, 6) is -0.974. The minimum atomic E-state index is -0.974. The Bertz CT molecular complexity index is 511. The molecule has 1 heterocycles. The smallest absolute Gasteiger partial charge is 0.335 e. The van der Waals surface area contributed by atoms with Gasteiger partial charge in [-0.05, 0) is 44.4 Å². The number of nitrogens with zero attached hydrogens (tertiary/aromatic N) is 1. The number of carbonyl (C=O) groups excluding carboxylic acids is 1. The number of carbonyl (C=O) groups is 2. The second-order valence-corrected chi connectivity index (χ2v) is 5.01. The highest BCUT2D eigenvalue weighted by atomic mass is 16.4. The fraction of sp³-hybridized carbons (Fsp3) is 0.429. The van der Waals surface area contributed by atoms with Crippen molar-refractivity contribution in [2.45, 2.75) is 32.7 Å². The number of urea groups is 1. The first kappa shape index (κ1) is 13.4. The molecule has 102 valence electrons. The normalized spacial score (nSPS) is 14.2. The maximum absolute atomic E-state index is 12.1. The zero-order chi connectivity index (χ0) is 14.0. The van der Waals surface area contributed by atoms with E-state index in [9.17, 15) is 9.59 Å². The third-order valence-electron chi connectivity index (χ3n) is 3.11. The fourth-order valence-electron chi connectivity index (χ4n) is 2.24. The van der Waals surface area contributed by atoms with E-state index in [-0.39, 0.29) is 17.6 Å². The van der Waals surface area contributed by atoms with Crippen LogP contribution in [0.25, 0.3) is 0 Å². The second kappa shape index (κ2) is 5.30. The number of nitrogens with one attached hydrogen (secondary N) is 1. The van der Waals surface area contributed by atoms with Crippen molar-refractivity contribution in [3.63, 3.8) is 0 Å². The molecular weight excluding hydrogens is 244 g/mol. The molecule has 1 aromatic rings. The van der Waals surface area contributed by atoms with Crippen LogP contribution in [0.1, 0.15) is 36.2 Å². The molecule has 0 aliphatic carbocycles. The predicted octanol–water partition coefficient (Wildman–Crippen LogP) is 2.26. The van der Waals surface area contributed by atoms with Crippen molar-refractivity contribution in [2.75, 3.05) is 11.4 Å². The molecule has 2 N–H and O–H groups in total. The number of carboxylic acid groups (broad SMARTS) is 1. The molecule has 5 nitrogen and oxygen atoms in total. The molecule has 1 aliphatic rings. The molecule has 2 amide bonds. The molecule has 0 saturated heterocycles. The van der Waals surface area contributed by atoms with Gasteiger partial charge in [0.05, 0.1) is 5.56 Å². The third kappa shape index (κ3) is 2.86. The molecular formula is C14H18N2O3. The van der Waals surface area contributed by atoms with E-state index < -0.39 is 5.97 Å². The van der Waals surface area contributed by atoms with E-state index in [1.54, 1.807) is 23.1 Å². The summed E-state index contributed by atoms with van der Waals surface area (Å²) in [6.07, 6.45) is 1.77. The van der Waals surface area contributed by atoms with Crippen LogP contribution in [0, 0.1) is 0 Å². The van der Waals surface area contributed by atoms with Crippen LogP contribution in [-0.2, 0) is 6.42 Å². The Balaban J connectivity index is 2.34. The monoisotopic (exact) mass is 262 g/mol. The number of amides is 2. The number of hydrogen-bond donors (Lipinski definition) is 2. The largest absolute Gasteiger partial charge is 0.478 e. The first-order chi connectivity index (χ1) is 8.99. The summed E-state index contributed by atoms with van der Waals surface area (Å²) in [5.41, 5.74) is 1.95. The van der Waals surface area contributed by atoms with E-state index in [1.807, 2.05) is 13.8 Å². The van der Waals surface area contributed by atoms with Crippen LogP contribution < -0.4 is 10.2 Å². The summed E-state index contributed by atoms with van der Waals surface area (Å²) in [7, 11) is 0. The van der Waals surface area contributed by atoms with Gasteiger partial charge < -0.3 is 10.4 Å².